The number of hydrogen-bond donors (Lipinski definition) is 1. The van der Waals surface area contributed by atoms with Crippen LogP contribution in [0.15, 0.2) is 24.5 Å². The molecule has 1 aromatic heterocycles. The predicted molar refractivity (Wildman–Crippen MR) is 55.2 cm³/mol. The molecule has 1 aliphatic heterocycles. The van der Waals surface area contributed by atoms with Crippen LogP contribution in [0.5, 0.6) is 0 Å². The fourth-order valence-electron chi connectivity index (χ4n) is 1.84. The van der Waals surface area contributed by atoms with Gasteiger partial charge in [0.1, 0.15) is 0 Å². The third-order valence-corrected chi connectivity index (χ3v) is 2.56. The summed E-state index contributed by atoms with van der Waals surface area (Å²) in [4.78, 5) is 4.01. The van der Waals surface area contributed by atoms with Crippen LogP contribution in [-0.4, -0.2) is 30.3 Å². The van der Waals surface area contributed by atoms with Crippen molar-refractivity contribution in [2.24, 2.45) is 0 Å². The van der Waals surface area contributed by atoms with E-state index in [0.717, 1.165) is 26.2 Å². The van der Waals surface area contributed by atoms with E-state index in [0.29, 0.717) is 0 Å². The summed E-state index contributed by atoms with van der Waals surface area (Å²) < 4.78 is 5.48. The van der Waals surface area contributed by atoms with Gasteiger partial charge in [0.15, 0.2) is 0 Å². The van der Waals surface area contributed by atoms with Crippen LogP contribution in [0.3, 0.4) is 0 Å². The smallest absolute Gasteiger partial charge is 0.0649 e. The van der Waals surface area contributed by atoms with Crippen LogP contribution >= 0.6 is 0 Å². The van der Waals surface area contributed by atoms with Crippen molar-refractivity contribution in [2.45, 2.75) is 18.9 Å². The van der Waals surface area contributed by atoms with Crippen molar-refractivity contribution in [1.29, 1.82) is 0 Å². The number of nitrogens with zero attached hydrogens (tertiary/aromatic N) is 1. The molecule has 0 amide bonds. The second-order valence-electron chi connectivity index (χ2n) is 4.07. The van der Waals surface area contributed by atoms with E-state index < -0.39 is 0 Å². The fraction of sp³-hybridized carbons (Fsp3) is 0.545. The van der Waals surface area contributed by atoms with Crippen molar-refractivity contribution >= 4 is 0 Å². The molecular weight excluding hydrogens is 176 g/mol. The van der Waals surface area contributed by atoms with E-state index in [1.807, 2.05) is 12.4 Å². The number of aromatic nitrogens is 1. The summed E-state index contributed by atoms with van der Waals surface area (Å²) in [6, 6.07) is 4.11. The second-order valence-corrected chi connectivity index (χ2v) is 4.07. The lowest BCUT2D eigenvalue weighted by molar-refractivity contribution is 0.0356. The van der Waals surface area contributed by atoms with Gasteiger partial charge in [0.2, 0.25) is 0 Å². The molecule has 2 heterocycles. The normalized spacial score (nSPS) is 27.5. The van der Waals surface area contributed by atoms with Gasteiger partial charge in [0.25, 0.3) is 0 Å². The minimum Gasteiger partial charge on any atom is -0.378 e. The molecule has 1 aliphatic rings. The first-order valence-corrected chi connectivity index (χ1v) is 5.00. The molecule has 0 spiro atoms. The quantitative estimate of drug-likeness (QED) is 0.759. The Labute approximate surface area is 84.5 Å². The fourth-order valence-corrected chi connectivity index (χ4v) is 1.84. The highest BCUT2D eigenvalue weighted by Crippen LogP contribution is 2.15. The SMILES string of the molecule is CC1(Cc2ccncc2)COCCN1. The third kappa shape index (κ3) is 2.30. The van der Waals surface area contributed by atoms with Crippen LogP contribution in [0.4, 0.5) is 0 Å². The van der Waals surface area contributed by atoms with Crippen molar-refractivity contribution in [1.82, 2.24) is 10.3 Å². The van der Waals surface area contributed by atoms with Gasteiger partial charge in [0.05, 0.1) is 13.2 Å². The van der Waals surface area contributed by atoms with E-state index in [1.54, 1.807) is 0 Å². The Bertz CT molecular complexity index is 281. The van der Waals surface area contributed by atoms with Gasteiger partial charge in [-0.2, -0.15) is 0 Å². The van der Waals surface area contributed by atoms with Gasteiger partial charge in [-0.3, -0.25) is 4.98 Å². The van der Waals surface area contributed by atoms with Gasteiger partial charge in [-0.15, -0.1) is 0 Å². The van der Waals surface area contributed by atoms with Gasteiger partial charge in [-0.25, -0.2) is 0 Å². The number of nitrogens with one attached hydrogen (secondary N) is 1. The number of rotatable bonds is 2. The van der Waals surface area contributed by atoms with E-state index in [4.69, 9.17) is 4.74 Å². The van der Waals surface area contributed by atoms with Crippen LogP contribution in [-0.2, 0) is 11.2 Å². The molecule has 1 atom stereocenters. The molecule has 3 nitrogen and oxygen atoms in total. The first-order valence-electron chi connectivity index (χ1n) is 5.00. The van der Waals surface area contributed by atoms with E-state index in [9.17, 15) is 0 Å². The van der Waals surface area contributed by atoms with Gasteiger partial charge >= 0.3 is 0 Å². The maximum atomic E-state index is 5.48. The zero-order chi connectivity index (χ0) is 9.86. The molecule has 0 aliphatic carbocycles. The summed E-state index contributed by atoms with van der Waals surface area (Å²) in [5.41, 5.74) is 1.39. The molecule has 2 rings (SSSR count). The van der Waals surface area contributed by atoms with E-state index in [-0.39, 0.29) is 5.54 Å². The first-order chi connectivity index (χ1) is 6.79. The molecule has 1 fully saturated rings. The van der Waals surface area contributed by atoms with E-state index in [2.05, 4.69) is 29.4 Å². The van der Waals surface area contributed by atoms with Crippen LogP contribution in [0.25, 0.3) is 0 Å². The van der Waals surface area contributed by atoms with E-state index in [1.165, 1.54) is 5.56 Å². The van der Waals surface area contributed by atoms with Crippen molar-refractivity contribution in [3.8, 4) is 0 Å². The largest absolute Gasteiger partial charge is 0.378 e. The average molecular weight is 192 g/mol. The number of pyridine rings is 1. The molecule has 76 valence electrons. The monoisotopic (exact) mass is 192 g/mol. The van der Waals surface area contributed by atoms with Gasteiger partial charge in [0, 0.05) is 24.5 Å². The first kappa shape index (κ1) is 9.62. The standard InChI is InChI=1S/C11H16N2O/c1-11(9-14-7-6-13-11)8-10-2-4-12-5-3-10/h2-5,13H,6-9H2,1H3. The Balaban J connectivity index is 2.02. The van der Waals surface area contributed by atoms with Crippen molar-refractivity contribution in [3.05, 3.63) is 30.1 Å². The minimum atomic E-state index is 0.0829. The highest BCUT2D eigenvalue weighted by Gasteiger charge is 2.26. The second kappa shape index (κ2) is 4.07. The molecule has 1 saturated heterocycles. The molecule has 0 radical (unpaired) electrons. The predicted octanol–water partition coefficient (Wildman–Crippen LogP) is 1.00. The summed E-state index contributed by atoms with van der Waals surface area (Å²) in [7, 11) is 0. The highest BCUT2D eigenvalue weighted by molar-refractivity contribution is 5.14. The zero-order valence-electron chi connectivity index (χ0n) is 8.49. The Kier molecular flexibility index (Phi) is 2.79. The average Bonchev–Trinajstić information content (AvgIpc) is 2.19. The molecule has 1 aromatic rings. The maximum absolute atomic E-state index is 5.48. The minimum absolute atomic E-state index is 0.0829. The Hall–Kier alpha value is -0.930. The summed E-state index contributed by atoms with van der Waals surface area (Å²) in [6.45, 7) is 4.76. The van der Waals surface area contributed by atoms with Crippen molar-refractivity contribution < 1.29 is 4.74 Å². The summed E-state index contributed by atoms with van der Waals surface area (Å²) >= 11 is 0. The lowest BCUT2D eigenvalue weighted by atomic mass is 9.93. The summed E-state index contributed by atoms with van der Waals surface area (Å²) in [5.74, 6) is 0. The van der Waals surface area contributed by atoms with Gasteiger partial charge < -0.3 is 10.1 Å². The molecule has 14 heavy (non-hydrogen) atoms. The number of morpholine rings is 1. The topological polar surface area (TPSA) is 34.1 Å². The van der Waals surface area contributed by atoms with Crippen LogP contribution < -0.4 is 5.32 Å². The van der Waals surface area contributed by atoms with Crippen LogP contribution in [0, 0.1) is 0 Å². The van der Waals surface area contributed by atoms with E-state index >= 15 is 0 Å². The highest BCUT2D eigenvalue weighted by atomic mass is 16.5. The van der Waals surface area contributed by atoms with Gasteiger partial charge in [-0.05, 0) is 31.0 Å². The Morgan fingerprint density at radius 3 is 2.93 bits per heavy atom. The summed E-state index contributed by atoms with van der Waals surface area (Å²) in [6.07, 6.45) is 4.67. The lowest BCUT2D eigenvalue weighted by Crippen LogP contribution is -2.53. The molecule has 1 unspecified atom stereocenters. The molecule has 0 saturated carbocycles. The van der Waals surface area contributed by atoms with Crippen molar-refractivity contribution in [3.63, 3.8) is 0 Å². The maximum Gasteiger partial charge on any atom is 0.0649 e. The van der Waals surface area contributed by atoms with Crippen LogP contribution in [0.1, 0.15) is 12.5 Å². The van der Waals surface area contributed by atoms with Crippen molar-refractivity contribution in [2.75, 3.05) is 19.8 Å². The van der Waals surface area contributed by atoms with Gasteiger partial charge in [-0.1, -0.05) is 0 Å². The summed E-state index contributed by atoms with van der Waals surface area (Å²) in [5, 5.41) is 3.50. The molecular formula is C11H16N2O. The third-order valence-electron chi connectivity index (χ3n) is 2.56. The number of ether oxygens (including phenoxy) is 1. The Morgan fingerprint density at radius 1 is 1.50 bits per heavy atom. The molecule has 0 bridgehead atoms. The lowest BCUT2D eigenvalue weighted by Gasteiger charge is -2.34. The number of hydrogen-bond acceptors (Lipinski definition) is 3. The zero-order valence-corrected chi connectivity index (χ0v) is 8.49. The molecule has 3 heteroatoms. The van der Waals surface area contributed by atoms with Crippen LogP contribution in [0.2, 0.25) is 0 Å². The molecule has 0 aromatic carbocycles. The molecule has 1 N–H and O–H groups in total. The Morgan fingerprint density at radius 2 is 2.29 bits per heavy atom.